The number of phenols is 2. The number of ketones is 3. The molecule has 6 atom stereocenters. The van der Waals surface area contributed by atoms with Crippen molar-refractivity contribution in [1.82, 2.24) is 5.32 Å². The molecule has 3 aliphatic rings. The van der Waals surface area contributed by atoms with Crippen LogP contribution in [-0.2, 0) is 35.0 Å². The molecule has 3 aromatic rings. The number of carbonyl (C=O) groups excluding carboxylic acids is 5. The van der Waals surface area contributed by atoms with Gasteiger partial charge in [0.2, 0.25) is 5.78 Å². The van der Waals surface area contributed by atoms with Crippen molar-refractivity contribution in [2.75, 3.05) is 7.11 Å². The van der Waals surface area contributed by atoms with E-state index in [2.05, 4.69) is 0 Å². The van der Waals surface area contributed by atoms with E-state index < -0.39 is 128 Å². The molecule has 0 unspecified atom stereocenters. The topological polar surface area (TPSA) is 195 Å². The predicted octanol–water partition coefficient (Wildman–Crippen LogP) is 3.40. The standard InChI is InChI=1S/C37H33ClF3NO12Se/c1-15-34(54-24(44)14-55-18-9-7-17(38)8-10-18)21(42-35(49)37(39,40)41)11-25(52-15)53-23-13-36(50,16(2)43)12-20-27(23)33(48)29-28(31(20)46)30(45)19-5-4-6-22(51-3)26(19)32(29)47/h4-10,15,21,23,25,34,46,48,50H,11-14H2,1-3H3,(H,42,49)/t15-,21-,23-,25-,34-,36-/m0/s1. The first-order chi connectivity index (χ1) is 25.8. The van der Waals surface area contributed by atoms with Crippen LogP contribution in [0.15, 0.2) is 42.5 Å². The molecule has 0 radical (unpaired) electrons. The Morgan fingerprint density at radius 3 is 2.35 bits per heavy atom. The zero-order chi connectivity index (χ0) is 40.1. The fourth-order valence-electron chi connectivity index (χ4n) is 7.04. The van der Waals surface area contributed by atoms with Crippen LogP contribution in [0.5, 0.6) is 17.2 Å². The maximum absolute atomic E-state index is 13.9. The number of fused-ring (bicyclic) bond motifs is 3. The summed E-state index contributed by atoms with van der Waals surface area (Å²) in [6.07, 6.45) is -12.9. The molecule has 0 bridgehead atoms. The van der Waals surface area contributed by atoms with E-state index >= 15 is 0 Å². The number of methoxy groups -OCH3 is 1. The Kier molecular flexibility index (Phi) is 11.1. The van der Waals surface area contributed by atoms with Crippen LogP contribution in [0.3, 0.4) is 0 Å². The van der Waals surface area contributed by atoms with Crippen LogP contribution in [0.25, 0.3) is 0 Å². The van der Waals surface area contributed by atoms with Gasteiger partial charge in [0.15, 0.2) is 5.78 Å². The average Bonchev–Trinajstić information content (AvgIpc) is 3.12. The van der Waals surface area contributed by atoms with E-state index in [-0.39, 0.29) is 33.3 Å². The van der Waals surface area contributed by atoms with Crippen LogP contribution in [-0.4, -0.2) is 103 Å². The quantitative estimate of drug-likeness (QED) is 0.109. The number of hydrogen-bond donors (Lipinski definition) is 4. The molecule has 0 aromatic heterocycles. The fourth-order valence-corrected chi connectivity index (χ4v) is 8.60. The molecule has 1 aliphatic heterocycles. The third kappa shape index (κ3) is 7.69. The van der Waals surface area contributed by atoms with Crippen molar-refractivity contribution in [3.05, 3.63) is 80.9 Å². The molecule has 3 aromatic carbocycles. The molecule has 0 spiro atoms. The molecule has 1 heterocycles. The van der Waals surface area contributed by atoms with E-state index in [4.69, 9.17) is 30.5 Å². The van der Waals surface area contributed by atoms with Gasteiger partial charge in [0.25, 0.3) is 0 Å². The van der Waals surface area contributed by atoms with Crippen LogP contribution in [0.1, 0.15) is 75.8 Å². The van der Waals surface area contributed by atoms with Gasteiger partial charge in [-0.2, -0.15) is 0 Å². The molecule has 13 nitrogen and oxygen atoms in total. The number of Topliss-reactive ketones (excluding diaryl/α,β-unsaturated/α-hetero) is 1. The number of ether oxygens (including phenoxy) is 4. The summed E-state index contributed by atoms with van der Waals surface area (Å²) in [5, 5.41) is 37.0. The van der Waals surface area contributed by atoms with Gasteiger partial charge in [-0.3, -0.25) is 14.4 Å². The molecule has 2 aliphatic carbocycles. The number of alkyl halides is 3. The predicted molar refractivity (Wildman–Crippen MR) is 186 cm³/mol. The number of phenolic OH excluding ortho intramolecular Hbond substituents is 2. The molecule has 18 heteroatoms. The van der Waals surface area contributed by atoms with Gasteiger partial charge in [0.1, 0.15) is 5.75 Å². The summed E-state index contributed by atoms with van der Waals surface area (Å²) in [4.78, 5) is 65.5. The number of amides is 1. The second-order valence-corrected chi connectivity index (χ2v) is 15.9. The van der Waals surface area contributed by atoms with Crippen molar-refractivity contribution in [2.45, 2.75) is 80.9 Å². The van der Waals surface area contributed by atoms with Crippen LogP contribution in [0.2, 0.25) is 10.3 Å². The summed E-state index contributed by atoms with van der Waals surface area (Å²) in [6, 6.07) is 9.35. The van der Waals surface area contributed by atoms with Gasteiger partial charge in [-0.15, -0.1) is 0 Å². The van der Waals surface area contributed by atoms with E-state index in [1.165, 1.54) is 32.2 Å². The summed E-state index contributed by atoms with van der Waals surface area (Å²) in [5.74, 6) is -7.25. The first-order valence-corrected chi connectivity index (χ1v) is 19.2. The van der Waals surface area contributed by atoms with Crippen molar-refractivity contribution in [1.29, 1.82) is 0 Å². The minimum atomic E-state index is -5.32. The van der Waals surface area contributed by atoms with Crippen molar-refractivity contribution >= 4 is 60.2 Å². The van der Waals surface area contributed by atoms with Crippen molar-refractivity contribution in [3.8, 4) is 17.2 Å². The van der Waals surface area contributed by atoms with Crippen LogP contribution >= 0.6 is 11.6 Å². The van der Waals surface area contributed by atoms with Gasteiger partial charge in [0.05, 0.1) is 18.2 Å². The molecule has 1 saturated heterocycles. The van der Waals surface area contributed by atoms with Gasteiger partial charge < -0.3 is 9.84 Å². The Labute approximate surface area is 322 Å². The fraction of sp³-hybridized carbons (Fsp3) is 0.378. The maximum atomic E-state index is 13.9. The average molecular weight is 855 g/mol. The number of carbonyl (C=O) groups is 5. The number of hydrogen-bond acceptors (Lipinski definition) is 12. The Morgan fingerprint density at radius 2 is 1.71 bits per heavy atom. The number of aliphatic hydroxyl groups is 1. The molecule has 6 rings (SSSR count). The van der Waals surface area contributed by atoms with E-state index in [0.717, 1.165) is 11.4 Å². The number of rotatable bonds is 9. The summed E-state index contributed by atoms with van der Waals surface area (Å²) in [5.41, 5.74) is -4.33. The monoisotopic (exact) mass is 855 g/mol. The normalized spacial score (nSPS) is 24.6. The SMILES string of the molecule is COc1cccc2c1C(=O)c1c(O)c3c(c(O)c1C2=O)C[C@@](O)(C(C)=O)C[C@@H]3O[C@H]1C[C@H](NC(=O)C(F)(F)F)[C@@H](OC(=O)C[Se]c2ccc(Cl)cc2)[C@H](C)O1. The van der Waals surface area contributed by atoms with E-state index in [1.54, 1.807) is 24.3 Å². The first kappa shape index (κ1) is 40.2. The molecular formula is C37H33ClF3NO12Se. The van der Waals surface area contributed by atoms with Crippen molar-refractivity contribution < 1.29 is 71.4 Å². The zero-order valence-electron chi connectivity index (χ0n) is 29.2. The molecule has 292 valence electrons. The zero-order valence-corrected chi connectivity index (χ0v) is 31.7. The molecule has 1 fully saturated rings. The molecule has 55 heavy (non-hydrogen) atoms. The van der Waals surface area contributed by atoms with Gasteiger partial charge >= 0.3 is 233 Å². The Morgan fingerprint density at radius 1 is 1.04 bits per heavy atom. The van der Waals surface area contributed by atoms with Crippen molar-refractivity contribution in [2.24, 2.45) is 0 Å². The number of halogens is 4. The Balaban J connectivity index is 1.33. The first-order valence-electron chi connectivity index (χ1n) is 16.7. The summed E-state index contributed by atoms with van der Waals surface area (Å²) in [7, 11) is 1.27. The van der Waals surface area contributed by atoms with Crippen LogP contribution < -0.4 is 14.5 Å². The van der Waals surface area contributed by atoms with Crippen LogP contribution in [0.4, 0.5) is 13.2 Å². The minimum absolute atomic E-state index is 0.00898. The second-order valence-electron chi connectivity index (χ2n) is 13.3. The summed E-state index contributed by atoms with van der Waals surface area (Å²) in [6.45, 7) is 2.42. The molecule has 1 amide bonds. The number of nitrogens with one attached hydrogen (secondary N) is 1. The number of benzene rings is 3. The van der Waals surface area contributed by atoms with E-state index in [0.29, 0.717) is 5.02 Å². The van der Waals surface area contributed by atoms with Gasteiger partial charge in [-0.25, -0.2) is 0 Å². The molecular weight excluding hydrogens is 822 g/mol. The van der Waals surface area contributed by atoms with E-state index in [1.807, 2.05) is 5.32 Å². The van der Waals surface area contributed by atoms with Gasteiger partial charge in [-0.1, -0.05) is 12.1 Å². The Hall–Kier alpha value is -4.51. The summed E-state index contributed by atoms with van der Waals surface area (Å²) < 4.78 is 64.1. The third-order valence-electron chi connectivity index (χ3n) is 9.73. The molecule has 0 saturated carbocycles. The van der Waals surface area contributed by atoms with E-state index in [9.17, 15) is 52.5 Å². The van der Waals surface area contributed by atoms with Crippen molar-refractivity contribution in [3.63, 3.8) is 0 Å². The number of esters is 1. The third-order valence-corrected chi connectivity index (χ3v) is 12.1. The van der Waals surface area contributed by atoms with Gasteiger partial charge in [0, 0.05) is 5.56 Å². The number of aromatic hydroxyl groups is 2. The van der Waals surface area contributed by atoms with Crippen LogP contribution in [0, 0.1) is 0 Å². The molecule has 4 N–H and O–H groups in total. The van der Waals surface area contributed by atoms with Gasteiger partial charge in [-0.05, 0) is 13.0 Å². The Bertz CT molecular complexity index is 2090. The second kappa shape index (κ2) is 15.2. The summed E-state index contributed by atoms with van der Waals surface area (Å²) >= 11 is 5.47.